The standard InChI is InChI=1S/C19H18FN3O/c20-12-6-8-15-16-11-14(7-9-17(16)23-18(15)10-12)22-19(24)21-13-4-2-1-3-5-13/h1-6,8,10,14,23H,7,9,11H2,(H2,21,22,24). The first-order chi connectivity index (χ1) is 11.7. The van der Waals surface area contributed by atoms with Gasteiger partial charge >= 0.3 is 6.03 Å². The molecule has 4 rings (SSSR count). The molecule has 24 heavy (non-hydrogen) atoms. The number of para-hydroxylation sites is 1. The summed E-state index contributed by atoms with van der Waals surface area (Å²) in [4.78, 5) is 15.5. The molecule has 1 heterocycles. The van der Waals surface area contributed by atoms with Gasteiger partial charge in [0.25, 0.3) is 0 Å². The fourth-order valence-corrected chi connectivity index (χ4v) is 3.39. The Hall–Kier alpha value is -2.82. The summed E-state index contributed by atoms with van der Waals surface area (Å²) < 4.78 is 13.4. The van der Waals surface area contributed by atoms with E-state index >= 15 is 0 Å². The molecule has 1 aromatic heterocycles. The zero-order valence-electron chi connectivity index (χ0n) is 13.1. The molecular formula is C19H18FN3O. The molecule has 0 saturated heterocycles. The maximum absolute atomic E-state index is 13.4. The van der Waals surface area contributed by atoms with Gasteiger partial charge in [-0.1, -0.05) is 18.2 Å². The van der Waals surface area contributed by atoms with Gasteiger partial charge in [0.15, 0.2) is 0 Å². The molecule has 2 aromatic carbocycles. The van der Waals surface area contributed by atoms with Crippen LogP contribution in [0.2, 0.25) is 0 Å². The first-order valence-electron chi connectivity index (χ1n) is 8.10. The van der Waals surface area contributed by atoms with Crippen LogP contribution in [0, 0.1) is 5.82 Å². The van der Waals surface area contributed by atoms with E-state index in [1.165, 1.54) is 17.7 Å². The number of hydrogen-bond donors (Lipinski definition) is 3. The molecule has 3 aromatic rings. The van der Waals surface area contributed by atoms with Gasteiger partial charge in [0.1, 0.15) is 5.82 Å². The van der Waals surface area contributed by atoms with Gasteiger partial charge in [-0.3, -0.25) is 0 Å². The van der Waals surface area contributed by atoms with Crippen LogP contribution in [0.3, 0.4) is 0 Å². The van der Waals surface area contributed by atoms with Crippen LogP contribution >= 0.6 is 0 Å². The zero-order valence-corrected chi connectivity index (χ0v) is 13.1. The van der Waals surface area contributed by atoms with Gasteiger partial charge in [0.2, 0.25) is 0 Å². The van der Waals surface area contributed by atoms with Gasteiger partial charge in [-0.2, -0.15) is 0 Å². The number of benzene rings is 2. The Bertz CT molecular complexity index is 888. The molecule has 1 aliphatic carbocycles. The SMILES string of the molecule is O=C(Nc1ccccc1)NC1CCc2[nH]c3cc(F)ccc3c2C1. The van der Waals surface area contributed by atoms with Crippen LogP contribution in [0.5, 0.6) is 0 Å². The Morgan fingerprint density at radius 3 is 2.83 bits per heavy atom. The fraction of sp³-hybridized carbons (Fsp3) is 0.211. The summed E-state index contributed by atoms with van der Waals surface area (Å²) in [5.41, 5.74) is 3.93. The number of anilines is 1. The lowest BCUT2D eigenvalue weighted by Crippen LogP contribution is -2.41. The lowest BCUT2D eigenvalue weighted by molar-refractivity contribution is 0.247. The van der Waals surface area contributed by atoms with Crippen molar-refractivity contribution in [1.29, 1.82) is 0 Å². The number of amides is 2. The molecule has 4 nitrogen and oxygen atoms in total. The van der Waals surface area contributed by atoms with Crippen LogP contribution in [0.25, 0.3) is 10.9 Å². The van der Waals surface area contributed by atoms with Gasteiger partial charge in [-0.05, 0) is 55.2 Å². The maximum Gasteiger partial charge on any atom is 0.319 e. The number of carbonyl (C=O) groups excluding carboxylic acids is 1. The van der Waals surface area contributed by atoms with E-state index in [-0.39, 0.29) is 17.9 Å². The van der Waals surface area contributed by atoms with Gasteiger partial charge < -0.3 is 15.6 Å². The van der Waals surface area contributed by atoms with E-state index in [4.69, 9.17) is 0 Å². The second-order valence-corrected chi connectivity index (χ2v) is 6.18. The number of hydrogen-bond acceptors (Lipinski definition) is 1. The molecule has 1 unspecified atom stereocenters. The van der Waals surface area contributed by atoms with Gasteiger partial charge in [-0.15, -0.1) is 0 Å². The summed E-state index contributed by atoms with van der Waals surface area (Å²) in [6.07, 6.45) is 2.47. The lowest BCUT2D eigenvalue weighted by Gasteiger charge is -2.23. The number of fused-ring (bicyclic) bond motifs is 3. The molecule has 122 valence electrons. The van der Waals surface area contributed by atoms with E-state index in [9.17, 15) is 9.18 Å². The molecular weight excluding hydrogens is 305 g/mol. The van der Waals surface area contributed by atoms with Crippen LogP contribution < -0.4 is 10.6 Å². The van der Waals surface area contributed by atoms with E-state index < -0.39 is 0 Å². The van der Waals surface area contributed by atoms with E-state index in [2.05, 4.69) is 15.6 Å². The highest BCUT2D eigenvalue weighted by molar-refractivity contribution is 5.89. The Labute approximate surface area is 139 Å². The summed E-state index contributed by atoms with van der Waals surface area (Å²) >= 11 is 0. The molecule has 0 aliphatic heterocycles. The number of carbonyl (C=O) groups is 1. The molecule has 1 atom stereocenters. The van der Waals surface area contributed by atoms with Crippen LogP contribution in [-0.2, 0) is 12.8 Å². The number of aromatic nitrogens is 1. The van der Waals surface area contributed by atoms with E-state index in [0.717, 1.165) is 41.5 Å². The molecule has 0 bridgehead atoms. The highest BCUT2D eigenvalue weighted by Crippen LogP contribution is 2.29. The summed E-state index contributed by atoms with van der Waals surface area (Å²) in [6.45, 7) is 0. The predicted octanol–water partition coefficient (Wildman–Crippen LogP) is 3.99. The number of rotatable bonds is 2. The third-order valence-electron chi connectivity index (χ3n) is 4.52. The minimum atomic E-state index is -0.238. The number of nitrogens with one attached hydrogen (secondary N) is 3. The van der Waals surface area contributed by atoms with E-state index in [1.807, 2.05) is 36.4 Å². The van der Waals surface area contributed by atoms with Crippen LogP contribution in [0.4, 0.5) is 14.9 Å². The Morgan fingerprint density at radius 1 is 1.17 bits per heavy atom. The van der Waals surface area contributed by atoms with Crippen molar-refractivity contribution in [1.82, 2.24) is 10.3 Å². The van der Waals surface area contributed by atoms with Crippen LogP contribution in [0.15, 0.2) is 48.5 Å². The number of H-pyrrole nitrogens is 1. The average Bonchev–Trinajstić information content (AvgIpc) is 2.92. The molecule has 0 spiro atoms. The molecule has 1 aliphatic rings. The van der Waals surface area contributed by atoms with Gasteiger partial charge in [-0.25, -0.2) is 9.18 Å². The second-order valence-electron chi connectivity index (χ2n) is 6.18. The third-order valence-corrected chi connectivity index (χ3v) is 4.52. The Balaban J connectivity index is 1.48. The first-order valence-corrected chi connectivity index (χ1v) is 8.10. The quantitative estimate of drug-likeness (QED) is 0.656. The molecule has 2 amide bonds. The van der Waals surface area contributed by atoms with Crippen molar-refractivity contribution in [2.45, 2.75) is 25.3 Å². The molecule has 3 N–H and O–H groups in total. The van der Waals surface area contributed by atoms with Crippen molar-refractivity contribution < 1.29 is 9.18 Å². The van der Waals surface area contributed by atoms with Crippen molar-refractivity contribution in [2.24, 2.45) is 0 Å². The summed E-state index contributed by atoms with van der Waals surface area (Å²) in [5, 5.41) is 6.92. The highest BCUT2D eigenvalue weighted by atomic mass is 19.1. The largest absolute Gasteiger partial charge is 0.358 e. The van der Waals surface area contributed by atoms with Crippen molar-refractivity contribution in [3.05, 3.63) is 65.6 Å². The van der Waals surface area contributed by atoms with Crippen LogP contribution in [-0.4, -0.2) is 17.1 Å². The second kappa shape index (κ2) is 6.00. The fourth-order valence-electron chi connectivity index (χ4n) is 3.39. The summed E-state index contributed by atoms with van der Waals surface area (Å²) in [6, 6.07) is 14.1. The minimum absolute atomic E-state index is 0.0743. The smallest absolute Gasteiger partial charge is 0.319 e. The maximum atomic E-state index is 13.4. The normalized spacial score (nSPS) is 16.6. The van der Waals surface area contributed by atoms with Gasteiger partial charge in [0.05, 0.1) is 0 Å². The van der Waals surface area contributed by atoms with Crippen molar-refractivity contribution >= 4 is 22.6 Å². The predicted molar refractivity (Wildman–Crippen MR) is 92.7 cm³/mol. The summed E-state index contributed by atoms with van der Waals surface area (Å²) in [7, 11) is 0. The molecule has 0 radical (unpaired) electrons. The zero-order chi connectivity index (χ0) is 16.5. The highest BCUT2D eigenvalue weighted by Gasteiger charge is 2.23. The summed E-state index contributed by atoms with van der Waals surface area (Å²) in [5.74, 6) is -0.238. The number of urea groups is 1. The van der Waals surface area contributed by atoms with Crippen molar-refractivity contribution in [3.8, 4) is 0 Å². The Kier molecular flexibility index (Phi) is 3.69. The monoisotopic (exact) mass is 323 g/mol. The van der Waals surface area contributed by atoms with Crippen molar-refractivity contribution in [3.63, 3.8) is 0 Å². The Morgan fingerprint density at radius 2 is 2.00 bits per heavy atom. The minimum Gasteiger partial charge on any atom is -0.358 e. The van der Waals surface area contributed by atoms with E-state index in [1.54, 1.807) is 0 Å². The lowest BCUT2D eigenvalue weighted by atomic mass is 9.91. The number of aryl methyl sites for hydroxylation is 1. The molecule has 5 heteroatoms. The van der Waals surface area contributed by atoms with Crippen molar-refractivity contribution in [2.75, 3.05) is 5.32 Å². The average molecular weight is 323 g/mol. The molecule has 0 saturated carbocycles. The number of halogens is 1. The molecule has 0 fully saturated rings. The van der Waals surface area contributed by atoms with Crippen LogP contribution in [0.1, 0.15) is 17.7 Å². The third kappa shape index (κ3) is 2.85. The van der Waals surface area contributed by atoms with E-state index in [0.29, 0.717) is 0 Å². The first kappa shape index (κ1) is 14.8. The topological polar surface area (TPSA) is 56.9 Å². The number of aromatic amines is 1. The van der Waals surface area contributed by atoms with Gasteiger partial charge in [0, 0.05) is 28.3 Å².